The molecule has 28 heavy (non-hydrogen) atoms. The van der Waals surface area contributed by atoms with Crippen molar-refractivity contribution in [3.05, 3.63) is 58.3 Å². The van der Waals surface area contributed by atoms with Crippen LogP contribution >= 0.6 is 15.9 Å². The number of benzene rings is 2. The summed E-state index contributed by atoms with van der Waals surface area (Å²) in [5.41, 5.74) is 0.640. The Balaban J connectivity index is 1.88. The molecule has 1 N–H and O–H groups in total. The van der Waals surface area contributed by atoms with Crippen LogP contribution in [-0.2, 0) is 10.0 Å². The number of hydrogen-bond acceptors (Lipinski definition) is 3. The summed E-state index contributed by atoms with van der Waals surface area (Å²) in [5, 5.41) is 2.69. The number of halogens is 2. The third-order valence-electron chi connectivity index (χ3n) is 4.75. The summed E-state index contributed by atoms with van der Waals surface area (Å²) in [5.74, 6) is -0.957. The standard InChI is InChI=1S/C20H22BrFN2O3S/c1-13-9-14(2)12-24(11-13)28(26,27)19-10-15(3-8-18(19)22)20(25)23-17-6-4-16(21)5-7-17/h3-8,10,13-14H,9,11-12H2,1-2H3,(H,23,25). The van der Waals surface area contributed by atoms with Gasteiger partial charge in [-0.2, -0.15) is 4.31 Å². The third-order valence-corrected chi connectivity index (χ3v) is 7.12. The Bertz CT molecular complexity index is 969. The Kier molecular flexibility index (Phi) is 6.21. The molecule has 8 heteroatoms. The van der Waals surface area contributed by atoms with Gasteiger partial charge in [0.2, 0.25) is 10.0 Å². The van der Waals surface area contributed by atoms with Gasteiger partial charge >= 0.3 is 0 Å². The van der Waals surface area contributed by atoms with Gasteiger partial charge in [-0.25, -0.2) is 12.8 Å². The molecule has 1 heterocycles. The van der Waals surface area contributed by atoms with Crippen molar-refractivity contribution in [1.29, 1.82) is 0 Å². The second-order valence-electron chi connectivity index (χ2n) is 7.37. The maximum atomic E-state index is 14.4. The van der Waals surface area contributed by atoms with Crippen molar-refractivity contribution >= 4 is 37.5 Å². The summed E-state index contributed by atoms with van der Waals surface area (Å²) in [6.07, 6.45) is 0.935. The minimum absolute atomic E-state index is 0.0843. The van der Waals surface area contributed by atoms with Gasteiger partial charge in [0.25, 0.3) is 5.91 Å². The van der Waals surface area contributed by atoms with Crippen LogP contribution in [0.2, 0.25) is 0 Å². The van der Waals surface area contributed by atoms with Gasteiger partial charge in [-0.15, -0.1) is 0 Å². The van der Waals surface area contributed by atoms with Gasteiger partial charge in [0.15, 0.2) is 0 Å². The lowest BCUT2D eigenvalue weighted by molar-refractivity contribution is 0.102. The molecule has 0 radical (unpaired) electrons. The van der Waals surface area contributed by atoms with Gasteiger partial charge in [-0.1, -0.05) is 29.8 Å². The van der Waals surface area contributed by atoms with Gasteiger partial charge < -0.3 is 5.32 Å². The number of hydrogen-bond donors (Lipinski definition) is 1. The molecule has 0 aliphatic carbocycles. The second kappa shape index (κ2) is 8.31. The van der Waals surface area contributed by atoms with Crippen LogP contribution < -0.4 is 5.32 Å². The zero-order chi connectivity index (χ0) is 20.5. The molecule has 1 fully saturated rings. The van der Waals surface area contributed by atoms with Gasteiger partial charge in [-0.05, 0) is 60.7 Å². The molecular formula is C20H22BrFN2O3S. The van der Waals surface area contributed by atoms with Crippen molar-refractivity contribution in [2.24, 2.45) is 11.8 Å². The van der Waals surface area contributed by atoms with Crippen molar-refractivity contribution in [1.82, 2.24) is 4.31 Å². The lowest BCUT2D eigenvalue weighted by Crippen LogP contribution is -2.42. The Hall–Kier alpha value is -1.77. The van der Waals surface area contributed by atoms with E-state index in [2.05, 4.69) is 21.2 Å². The van der Waals surface area contributed by atoms with Crippen LogP contribution in [0.4, 0.5) is 10.1 Å². The molecule has 3 rings (SSSR count). The van der Waals surface area contributed by atoms with E-state index in [1.54, 1.807) is 24.3 Å². The lowest BCUT2D eigenvalue weighted by Gasteiger charge is -2.34. The van der Waals surface area contributed by atoms with Crippen molar-refractivity contribution in [3.63, 3.8) is 0 Å². The number of nitrogens with one attached hydrogen (secondary N) is 1. The molecule has 2 atom stereocenters. The highest BCUT2D eigenvalue weighted by Gasteiger charge is 2.33. The van der Waals surface area contributed by atoms with Crippen LogP contribution in [0.1, 0.15) is 30.6 Å². The third kappa shape index (κ3) is 4.61. The van der Waals surface area contributed by atoms with Gasteiger partial charge in [0.05, 0.1) is 0 Å². The van der Waals surface area contributed by atoms with E-state index in [-0.39, 0.29) is 17.4 Å². The van der Waals surface area contributed by atoms with Crippen LogP contribution in [0.3, 0.4) is 0 Å². The summed E-state index contributed by atoms with van der Waals surface area (Å²) in [6.45, 7) is 4.66. The minimum Gasteiger partial charge on any atom is -0.322 e. The molecule has 2 aromatic rings. The highest BCUT2D eigenvalue weighted by atomic mass is 79.9. The maximum absolute atomic E-state index is 14.4. The van der Waals surface area contributed by atoms with E-state index in [1.807, 2.05) is 13.8 Å². The number of anilines is 1. The summed E-state index contributed by atoms with van der Waals surface area (Å²) < 4.78 is 42.6. The van der Waals surface area contributed by atoms with Crippen LogP contribution in [0.25, 0.3) is 0 Å². The van der Waals surface area contributed by atoms with Crippen molar-refractivity contribution in [2.45, 2.75) is 25.2 Å². The Morgan fingerprint density at radius 1 is 1.11 bits per heavy atom. The van der Waals surface area contributed by atoms with Crippen molar-refractivity contribution in [2.75, 3.05) is 18.4 Å². The fourth-order valence-corrected chi connectivity index (χ4v) is 5.55. The van der Waals surface area contributed by atoms with E-state index >= 15 is 0 Å². The topological polar surface area (TPSA) is 66.5 Å². The second-order valence-corrected chi connectivity index (χ2v) is 10.2. The largest absolute Gasteiger partial charge is 0.322 e. The number of carbonyl (C=O) groups is 1. The highest BCUT2D eigenvalue weighted by molar-refractivity contribution is 9.10. The molecular weight excluding hydrogens is 447 g/mol. The molecule has 5 nitrogen and oxygen atoms in total. The zero-order valence-electron chi connectivity index (χ0n) is 15.7. The van der Waals surface area contributed by atoms with E-state index in [0.29, 0.717) is 18.8 Å². The lowest BCUT2D eigenvalue weighted by atomic mass is 9.94. The first-order valence-electron chi connectivity index (χ1n) is 9.03. The number of amides is 1. The SMILES string of the molecule is CC1CC(C)CN(S(=O)(=O)c2cc(C(=O)Nc3ccc(Br)cc3)ccc2F)C1. The van der Waals surface area contributed by atoms with E-state index < -0.39 is 26.6 Å². The summed E-state index contributed by atoms with van der Waals surface area (Å²) in [6, 6.07) is 10.4. The van der Waals surface area contributed by atoms with Crippen LogP contribution in [0.15, 0.2) is 51.8 Å². The zero-order valence-corrected chi connectivity index (χ0v) is 18.1. The Labute approximate surface area is 173 Å². The molecule has 1 aliphatic rings. The van der Waals surface area contributed by atoms with Gasteiger partial charge in [0.1, 0.15) is 10.7 Å². The molecule has 1 saturated heterocycles. The first-order valence-corrected chi connectivity index (χ1v) is 11.3. The minimum atomic E-state index is -4.02. The van der Waals surface area contributed by atoms with E-state index in [9.17, 15) is 17.6 Å². The van der Waals surface area contributed by atoms with E-state index in [4.69, 9.17) is 0 Å². The van der Waals surface area contributed by atoms with E-state index in [0.717, 1.165) is 23.0 Å². The van der Waals surface area contributed by atoms with Crippen LogP contribution in [-0.4, -0.2) is 31.7 Å². The predicted molar refractivity (Wildman–Crippen MR) is 110 cm³/mol. The molecule has 0 saturated carbocycles. The van der Waals surface area contributed by atoms with Gasteiger partial charge in [0, 0.05) is 28.8 Å². The Morgan fingerprint density at radius 2 is 1.71 bits per heavy atom. The molecule has 0 bridgehead atoms. The molecule has 150 valence electrons. The van der Waals surface area contributed by atoms with Gasteiger partial charge in [-0.3, -0.25) is 4.79 Å². The maximum Gasteiger partial charge on any atom is 0.255 e. The average Bonchev–Trinajstić information content (AvgIpc) is 2.63. The number of sulfonamides is 1. The number of piperidine rings is 1. The fourth-order valence-electron chi connectivity index (χ4n) is 3.52. The molecule has 1 aliphatic heterocycles. The van der Waals surface area contributed by atoms with E-state index in [1.165, 1.54) is 10.4 Å². The van der Waals surface area contributed by atoms with Crippen LogP contribution in [0, 0.1) is 17.7 Å². The average molecular weight is 469 g/mol. The fraction of sp³-hybridized carbons (Fsp3) is 0.350. The smallest absolute Gasteiger partial charge is 0.255 e. The molecule has 0 aromatic heterocycles. The first-order chi connectivity index (χ1) is 13.2. The highest BCUT2D eigenvalue weighted by Crippen LogP contribution is 2.28. The first kappa shape index (κ1) is 21.0. The molecule has 2 aromatic carbocycles. The summed E-state index contributed by atoms with van der Waals surface area (Å²) in [4.78, 5) is 12.1. The normalized spacial score (nSPS) is 20.7. The monoisotopic (exact) mass is 468 g/mol. The molecule has 2 unspecified atom stereocenters. The molecule has 0 spiro atoms. The number of nitrogens with zero attached hydrogens (tertiary/aromatic N) is 1. The summed E-state index contributed by atoms with van der Waals surface area (Å²) in [7, 11) is -4.02. The van der Waals surface area contributed by atoms with Crippen LogP contribution in [0.5, 0.6) is 0 Å². The summed E-state index contributed by atoms with van der Waals surface area (Å²) >= 11 is 3.32. The Morgan fingerprint density at radius 3 is 2.32 bits per heavy atom. The predicted octanol–water partition coefficient (Wildman–Crippen LogP) is 4.51. The quantitative estimate of drug-likeness (QED) is 0.717. The molecule has 1 amide bonds. The number of carbonyl (C=O) groups excluding carboxylic acids is 1. The van der Waals surface area contributed by atoms with Crippen molar-refractivity contribution < 1.29 is 17.6 Å². The van der Waals surface area contributed by atoms with Crippen molar-refractivity contribution in [3.8, 4) is 0 Å². The number of rotatable bonds is 4.